The number of Topliss-reactive ketones (excluding diaryl/α,β-unsaturated/α-hetero) is 1. The SMILES string of the molecule is CCN[C@H](CC(C)C)C(=O)CC. The van der Waals surface area contributed by atoms with Gasteiger partial charge in [-0.25, -0.2) is 0 Å². The third kappa shape index (κ3) is 4.50. The lowest BCUT2D eigenvalue weighted by Crippen LogP contribution is -2.37. The summed E-state index contributed by atoms with van der Waals surface area (Å²) in [6.45, 7) is 9.13. The Hall–Kier alpha value is -0.370. The van der Waals surface area contributed by atoms with Crippen molar-refractivity contribution in [1.82, 2.24) is 5.32 Å². The quantitative estimate of drug-likeness (QED) is 0.662. The van der Waals surface area contributed by atoms with Gasteiger partial charge in [0.25, 0.3) is 0 Å². The monoisotopic (exact) mass is 171 g/mol. The summed E-state index contributed by atoms with van der Waals surface area (Å²) < 4.78 is 0. The van der Waals surface area contributed by atoms with Crippen LogP contribution in [0.3, 0.4) is 0 Å². The molecule has 0 aromatic rings. The second-order valence-corrected chi connectivity index (χ2v) is 3.56. The lowest BCUT2D eigenvalue weighted by molar-refractivity contribution is -0.121. The number of nitrogens with one attached hydrogen (secondary N) is 1. The summed E-state index contributed by atoms with van der Waals surface area (Å²) in [5, 5.41) is 3.22. The molecular weight excluding hydrogens is 150 g/mol. The van der Waals surface area contributed by atoms with Crippen molar-refractivity contribution in [2.75, 3.05) is 6.54 Å². The Kier molecular flexibility index (Phi) is 5.99. The predicted octanol–water partition coefficient (Wildman–Crippen LogP) is 1.99. The van der Waals surface area contributed by atoms with Crippen LogP contribution in [-0.2, 0) is 4.79 Å². The fourth-order valence-electron chi connectivity index (χ4n) is 1.29. The molecule has 1 N–H and O–H groups in total. The molecule has 0 aliphatic rings. The maximum atomic E-state index is 11.4. The van der Waals surface area contributed by atoms with Gasteiger partial charge in [0.1, 0.15) is 5.78 Å². The van der Waals surface area contributed by atoms with Crippen LogP contribution in [0.25, 0.3) is 0 Å². The molecule has 0 spiro atoms. The average molecular weight is 171 g/mol. The van der Waals surface area contributed by atoms with Gasteiger partial charge in [0, 0.05) is 6.42 Å². The number of ketones is 1. The molecule has 2 nitrogen and oxygen atoms in total. The number of rotatable bonds is 6. The first-order valence-corrected chi connectivity index (χ1v) is 4.87. The van der Waals surface area contributed by atoms with Crippen LogP contribution < -0.4 is 5.32 Å². The lowest BCUT2D eigenvalue weighted by atomic mass is 9.99. The number of carbonyl (C=O) groups is 1. The summed E-state index contributed by atoms with van der Waals surface area (Å²) in [4.78, 5) is 11.4. The van der Waals surface area contributed by atoms with Crippen LogP contribution in [0.1, 0.15) is 40.5 Å². The van der Waals surface area contributed by atoms with Crippen LogP contribution in [0.2, 0.25) is 0 Å². The van der Waals surface area contributed by atoms with Gasteiger partial charge in [0.2, 0.25) is 0 Å². The van der Waals surface area contributed by atoms with E-state index in [1.54, 1.807) is 0 Å². The number of hydrogen-bond acceptors (Lipinski definition) is 2. The van der Waals surface area contributed by atoms with Gasteiger partial charge in [-0.15, -0.1) is 0 Å². The minimum Gasteiger partial charge on any atom is -0.308 e. The van der Waals surface area contributed by atoms with Crippen molar-refractivity contribution < 1.29 is 4.79 Å². The van der Waals surface area contributed by atoms with Gasteiger partial charge in [-0.1, -0.05) is 27.7 Å². The van der Waals surface area contributed by atoms with Gasteiger partial charge in [-0.3, -0.25) is 4.79 Å². The molecule has 12 heavy (non-hydrogen) atoms. The molecule has 0 amide bonds. The molecule has 0 saturated heterocycles. The first-order valence-electron chi connectivity index (χ1n) is 4.87. The third-order valence-corrected chi connectivity index (χ3v) is 1.89. The molecule has 1 atom stereocenters. The van der Waals surface area contributed by atoms with Crippen molar-refractivity contribution in [2.24, 2.45) is 5.92 Å². The Labute approximate surface area is 75.7 Å². The molecule has 0 aliphatic heterocycles. The molecule has 0 bridgehead atoms. The third-order valence-electron chi connectivity index (χ3n) is 1.89. The zero-order valence-corrected chi connectivity index (χ0v) is 8.68. The molecule has 0 aromatic heterocycles. The summed E-state index contributed by atoms with van der Waals surface area (Å²) in [6, 6.07) is 0.0833. The molecule has 0 heterocycles. The van der Waals surface area contributed by atoms with Crippen LogP contribution in [-0.4, -0.2) is 18.4 Å². The van der Waals surface area contributed by atoms with Crippen molar-refractivity contribution in [2.45, 2.75) is 46.6 Å². The highest BCUT2D eigenvalue weighted by molar-refractivity contribution is 5.83. The average Bonchev–Trinajstić information content (AvgIpc) is 2.01. The molecular formula is C10H21NO. The van der Waals surface area contributed by atoms with Gasteiger partial charge in [0.15, 0.2) is 0 Å². The molecule has 72 valence electrons. The highest BCUT2D eigenvalue weighted by atomic mass is 16.1. The summed E-state index contributed by atoms with van der Waals surface area (Å²) in [5.74, 6) is 0.926. The fraction of sp³-hybridized carbons (Fsp3) is 0.900. The van der Waals surface area contributed by atoms with Crippen LogP contribution in [0, 0.1) is 5.92 Å². The summed E-state index contributed by atoms with van der Waals surface area (Å²) in [6.07, 6.45) is 1.60. The predicted molar refractivity (Wildman–Crippen MR) is 52.2 cm³/mol. The lowest BCUT2D eigenvalue weighted by Gasteiger charge is -2.17. The minimum atomic E-state index is 0.0833. The second kappa shape index (κ2) is 6.18. The summed E-state index contributed by atoms with van der Waals surface area (Å²) in [5.41, 5.74) is 0. The molecule has 0 saturated carbocycles. The van der Waals surface area contributed by atoms with E-state index in [-0.39, 0.29) is 6.04 Å². The first kappa shape index (κ1) is 11.6. The van der Waals surface area contributed by atoms with Gasteiger partial charge in [-0.05, 0) is 18.9 Å². The van der Waals surface area contributed by atoms with Crippen LogP contribution in [0.4, 0.5) is 0 Å². The highest BCUT2D eigenvalue weighted by Gasteiger charge is 2.15. The van der Waals surface area contributed by atoms with Crippen LogP contribution in [0.15, 0.2) is 0 Å². The van der Waals surface area contributed by atoms with E-state index in [1.165, 1.54) is 0 Å². The largest absolute Gasteiger partial charge is 0.308 e. The zero-order valence-electron chi connectivity index (χ0n) is 8.68. The first-order chi connectivity index (χ1) is 5.61. The van der Waals surface area contributed by atoms with Crippen LogP contribution >= 0.6 is 0 Å². The Morgan fingerprint density at radius 2 is 1.92 bits per heavy atom. The van der Waals surface area contributed by atoms with E-state index in [0.29, 0.717) is 18.1 Å². The summed E-state index contributed by atoms with van der Waals surface area (Å²) in [7, 11) is 0. The zero-order chi connectivity index (χ0) is 9.56. The van der Waals surface area contributed by atoms with Crippen molar-refractivity contribution in [3.63, 3.8) is 0 Å². The molecule has 0 aliphatic carbocycles. The van der Waals surface area contributed by atoms with Gasteiger partial charge in [-0.2, -0.15) is 0 Å². The van der Waals surface area contributed by atoms with Crippen molar-refractivity contribution in [3.8, 4) is 0 Å². The highest BCUT2D eigenvalue weighted by Crippen LogP contribution is 2.06. The molecule has 0 rings (SSSR count). The van der Waals surface area contributed by atoms with E-state index in [2.05, 4.69) is 19.2 Å². The molecule has 0 radical (unpaired) electrons. The molecule has 0 fully saturated rings. The van der Waals surface area contributed by atoms with E-state index in [1.807, 2.05) is 13.8 Å². The van der Waals surface area contributed by atoms with E-state index in [9.17, 15) is 4.79 Å². The second-order valence-electron chi connectivity index (χ2n) is 3.56. The van der Waals surface area contributed by atoms with E-state index in [4.69, 9.17) is 0 Å². The number of hydrogen-bond donors (Lipinski definition) is 1. The summed E-state index contributed by atoms with van der Waals surface area (Å²) >= 11 is 0. The Balaban J connectivity index is 3.94. The van der Waals surface area contributed by atoms with Crippen molar-refractivity contribution in [1.29, 1.82) is 0 Å². The van der Waals surface area contributed by atoms with Gasteiger partial charge < -0.3 is 5.32 Å². The van der Waals surface area contributed by atoms with Crippen molar-refractivity contribution in [3.05, 3.63) is 0 Å². The van der Waals surface area contributed by atoms with E-state index in [0.717, 1.165) is 13.0 Å². The topological polar surface area (TPSA) is 29.1 Å². The number of likely N-dealkylation sites (N-methyl/N-ethyl adjacent to an activating group) is 1. The normalized spacial score (nSPS) is 13.4. The Bertz CT molecular complexity index is 132. The smallest absolute Gasteiger partial charge is 0.149 e. The number of carbonyl (C=O) groups excluding carboxylic acids is 1. The molecule has 2 heteroatoms. The maximum Gasteiger partial charge on any atom is 0.149 e. The fourth-order valence-corrected chi connectivity index (χ4v) is 1.29. The molecule has 0 unspecified atom stereocenters. The molecule has 0 aromatic carbocycles. The Morgan fingerprint density at radius 1 is 1.33 bits per heavy atom. The minimum absolute atomic E-state index is 0.0833. The van der Waals surface area contributed by atoms with E-state index < -0.39 is 0 Å². The van der Waals surface area contributed by atoms with Gasteiger partial charge >= 0.3 is 0 Å². The van der Waals surface area contributed by atoms with Crippen LogP contribution in [0.5, 0.6) is 0 Å². The Morgan fingerprint density at radius 3 is 2.25 bits per heavy atom. The van der Waals surface area contributed by atoms with Crippen molar-refractivity contribution >= 4 is 5.78 Å². The maximum absolute atomic E-state index is 11.4. The van der Waals surface area contributed by atoms with Gasteiger partial charge in [0.05, 0.1) is 6.04 Å². The standard InChI is InChI=1S/C10H21NO/c1-5-10(12)9(11-6-2)7-8(3)4/h8-9,11H,5-7H2,1-4H3/t9-/m1/s1. The van der Waals surface area contributed by atoms with E-state index >= 15 is 0 Å².